The fraction of sp³-hybridized carbons (Fsp3) is 0.308. The summed E-state index contributed by atoms with van der Waals surface area (Å²) in [5, 5.41) is 0. The number of nitrogens with two attached hydrogens (primary N) is 1. The van der Waals surface area contributed by atoms with Crippen molar-refractivity contribution in [2.24, 2.45) is 7.05 Å². The van der Waals surface area contributed by atoms with E-state index in [-0.39, 0.29) is 11.5 Å². The van der Waals surface area contributed by atoms with E-state index in [4.69, 9.17) is 5.73 Å². The lowest BCUT2D eigenvalue weighted by atomic mass is 10.2. The molecular formula is C13H17FN4. The molecule has 2 N–H and O–H groups in total. The average Bonchev–Trinajstić information content (AvgIpc) is 2.70. The topological polar surface area (TPSA) is 47.1 Å². The fourth-order valence-electron chi connectivity index (χ4n) is 1.83. The normalized spacial score (nSPS) is 11.1. The summed E-state index contributed by atoms with van der Waals surface area (Å²) in [7, 11) is 3.93. The van der Waals surface area contributed by atoms with Gasteiger partial charge in [-0.25, -0.2) is 9.37 Å². The molecule has 0 radical (unpaired) electrons. The standard InChI is InChI=1S/C13H17FN4/c1-17(9-13-16-5-6-18(13)2)8-10-3-4-12(15)11(14)7-10/h3-7H,8-9,15H2,1-2H3. The van der Waals surface area contributed by atoms with E-state index in [1.807, 2.05) is 30.9 Å². The van der Waals surface area contributed by atoms with E-state index in [0.717, 1.165) is 17.9 Å². The van der Waals surface area contributed by atoms with Gasteiger partial charge in [0, 0.05) is 26.0 Å². The van der Waals surface area contributed by atoms with Crippen LogP contribution in [0.3, 0.4) is 0 Å². The van der Waals surface area contributed by atoms with E-state index in [1.165, 1.54) is 6.07 Å². The van der Waals surface area contributed by atoms with Gasteiger partial charge in [0.1, 0.15) is 11.6 Å². The third-order valence-corrected chi connectivity index (χ3v) is 2.85. The minimum Gasteiger partial charge on any atom is -0.396 e. The van der Waals surface area contributed by atoms with Crippen molar-refractivity contribution >= 4 is 5.69 Å². The van der Waals surface area contributed by atoms with E-state index >= 15 is 0 Å². The van der Waals surface area contributed by atoms with Crippen LogP contribution in [0.1, 0.15) is 11.4 Å². The molecule has 18 heavy (non-hydrogen) atoms. The van der Waals surface area contributed by atoms with Crippen LogP contribution >= 0.6 is 0 Å². The number of halogens is 1. The average molecular weight is 248 g/mol. The highest BCUT2D eigenvalue weighted by atomic mass is 19.1. The van der Waals surface area contributed by atoms with Gasteiger partial charge in [0.2, 0.25) is 0 Å². The number of benzene rings is 1. The number of anilines is 1. The van der Waals surface area contributed by atoms with Crippen molar-refractivity contribution in [1.29, 1.82) is 0 Å². The maximum atomic E-state index is 13.3. The zero-order valence-corrected chi connectivity index (χ0v) is 10.6. The first-order chi connectivity index (χ1) is 8.56. The van der Waals surface area contributed by atoms with Gasteiger partial charge in [0.05, 0.1) is 12.2 Å². The number of rotatable bonds is 4. The predicted molar refractivity (Wildman–Crippen MR) is 69.2 cm³/mol. The minimum atomic E-state index is -0.363. The smallest absolute Gasteiger partial charge is 0.146 e. The van der Waals surface area contributed by atoms with Crippen molar-refractivity contribution in [2.45, 2.75) is 13.1 Å². The highest BCUT2D eigenvalue weighted by Gasteiger charge is 2.07. The maximum absolute atomic E-state index is 13.3. The summed E-state index contributed by atoms with van der Waals surface area (Å²) < 4.78 is 15.3. The van der Waals surface area contributed by atoms with E-state index in [9.17, 15) is 4.39 Å². The molecule has 0 atom stereocenters. The van der Waals surface area contributed by atoms with Gasteiger partial charge in [-0.05, 0) is 24.7 Å². The van der Waals surface area contributed by atoms with Crippen LogP contribution in [0.2, 0.25) is 0 Å². The molecule has 0 aliphatic heterocycles. The Labute approximate surface area is 106 Å². The van der Waals surface area contributed by atoms with Crippen LogP contribution < -0.4 is 5.73 Å². The summed E-state index contributed by atoms with van der Waals surface area (Å²) in [4.78, 5) is 6.33. The Bertz CT molecular complexity index is 536. The van der Waals surface area contributed by atoms with Gasteiger partial charge < -0.3 is 10.3 Å². The molecule has 0 fully saturated rings. The Kier molecular flexibility index (Phi) is 3.62. The fourth-order valence-corrected chi connectivity index (χ4v) is 1.83. The quantitative estimate of drug-likeness (QED) is 0.839. The van der Waals surface area contributed by atoms with Crippen LogP contribution in [0.4, 0.5) is 10.1 Å². The van der Waals surface area contributed by atoms with Crippen molar-refractivity contribution in [1.82, 2.24) is 14.5 Å². The van der Waals surface area contributed by atoms with Crippen LogP contribution in [-0.4, -0.2) is 21.5 Å². The molecule has 1 heterocycles. The number of hydrogen-bond donors (Lipinski definition) is 1. The van der Waals surface area contributed by atoms with E-state index < -0.39 is 0 Å². The molecule has 4 nitrogen and oxygen atoms in total. The molecule has 96 valence electrons. The predicted octanol–water partition coefficient (Wildman–Crippen LogP) is 1.77. The molecule has 1 aromatic heterocycles. The minimum absolute atomic E-state index is 0.186. The summed E-state index contributed by atoms with van der Waals surface area (Å²) in [6.45, 7) is 1.37. The number of imidazole rings is 1. The summed E-state index contributed by atoms with van der Waals surface area (Å²) in [6.07, 6.45) is 3.68. The third kappa shape index (κ3) is 2.87. The second-order valence-electron chi connectivity index (χ2n) is 4.48. The molecule has 2 rings (SSSR count). The Morgan fingerprint density at radius 3 is 2.78 bits per heavy atom. The summed E-state index contributed by atoms with van der Waals surface area (Å²) in [5.41, 5.74) is 6.53. The zero-order chi connectivity index (χ0) is 13.1. The summed E-state index contributed by atoms with van der Waals surface area (Å²) >= 11 is 0. The van der Waals surface area contributed by atoms with Crippen LogP contribution in [0.5, 0.6) is 0 Å². The van der Waals surface area contributed by atoms with Gasteiger partial charge in [-0.15, -0.1) is 0 Å². The molecule has 0 aliphatic rings. The molecule has 5 heteroatoms. The largest absolute Gasteiger partial charge is 0.396 e. The Balaban J connectivity index is 2.01. The summed E-state index contributed by atoms with van der Waals surface area (Å²) in [5.74, 6) is 0.617. The summed E-state index contributed by atoms with van der Waals surface area (Å²) in [6, 6.07) is 4.91. The van der Waals surface area contributed by atoms with Gasteiger partial charge in [-0.2, -0.15) is 0 Å². The molecule has 2 aromatic rings. The molecular weight excluding hydrogens is 231 g/mol. The highest BCUT2D eigenvalue weighted by molar-refractivity contribution is 5.41. The number of hydrogen-bond acceptors (Lipinski definition) is 3. The molecule has 0 aliphatic carbocycles. The van der Waals surface area contributed by atoms with Crippen molar-refractivity contribution in [2.75, 3.05) is 12.8 Å². The number of aryl methyl sites for hydroxylation is 1. The third-order valence-electron chi connectivity index (χ3n) is 2.85. The van der Waals surface area contributed by atoms with Crippen LogP contribution in [0.15, 0.2) is 30.6 Å². The number of nitrogens with zero attached hydrogens (tertiary/aromatic N) is 3. The van der Waals surface area contributed by atoms with Gasteiger partial charge in [-0.3, -0.25) is 4.90 Å². The molecule has 0 bridgehead atoms. The van der Waals surface area contributed by atoms with Crippen molar-refractivity contribution < 1.29 is 4.39 Å². The number of nitrogen functional groups attached to an aromatic ring is 1. The molecule has 0 unspecified atom stereocenters. The van der Waals surface area contributed by atoms with Gasteiger partial charge in [0.15, 0.2) is 0 Å². The van der Waals surface area contributed by atoms with E-state index in [0.29, 0.717) is 6.54 Å². The van der Waals surface area contributed by atoms with E-state index in [2.05, 4.69) is 9.88 Å². The molecule has 0 spiro atoms. The van der Waals surface area contributed by atoms with Crippen LogP contribution in [0.25, 0.3) is 0 Å². The van der Waals surface area contributed by atoms with E-state index in [1.54, 1.807) is 12.3 Å². The first-order valence-corrected chi connectivity index (χ1v) is 5.75. The second kappa shape index (κ2) is 5.18. The Morgan fingerprint density at radius 1 is 1.39 bits per heavy atom. The van der Waals surface area contributed by atoms with Crippen molar-refractivity contribution in [3.05, 3.63) is 47.8 Å². The molecule has 0 saturated heterocycles. The van der Waals surface area contributed by atoms with Crippen molar-refractivity contribution in [3.8, 4) is 0 Å². The van der Waals surface area contributed by atoms with Gasteiger partial charge in [-0.1, -0.05) is 6.07 Å². The van der Waals surface area contributed by atoms with Crippen molar-refractivity contribution in [3.63, 3.8) is 0 Å². The molecule has 0 saturated carbocycles. The second-order valence-corrected chi connectivity index (χ2v) is 4.48. The van der Waals surface area contributed by atoms with Crippen LogP contribution in [0, 0.1) is 5.82 Å². The molecule has 0 amide bonds. The van der Waals surface area contributed by atoms with Gasteiger partial charge in [0.25, 0.3) is 0 Å². The monoisotopic (exact) mass is 248 g/mol. The lowest BCUT2D eigenvalue weighted by molar-refractivity contribution is 0.306. The Hall–Kier alpha value is -1.88. The zero-order valence-electron chi connectivity index (χ0n) is 10.6. The number of aromatic nitrogens is 2. The van der Waals surface area contributed by atoms with Gasteiger partial charge >= 0.3 is 0 Å². The SMILES string of the molecule is CN(Cc1ccc(N)c(F)c1)Cc1nccn1C. The molecule has 1 aromatic carbocycles. The van der Waals surface area contributed by atoms with Crippen LogP contribution in [-0.2, 0) is 20.1 Å². The lowest BCUT2D eigenvalue weighted by Gasteiger charge is -2.16. The highest BCUT2D eigenvalue weighted by Crippen LogP contribution is 2.14. The lowest BCUT2D eigenvalue weighted by Crippen LogP contribution is -2.19. The maximum Gasteiger partial charge on any atom is 0.146 e. The first kappa shape index (κ1) is 12.6. The first-order valence-electron chi connectivity index (χ1n) is 5.75. The Morgan fingerprint density at radius 2 is 2.17 bits per heavy atom.